The van der Waals surface area contributed by atoms with E-state index in [1.165, 1.54) is 19.3 Å². The Bertz CT molecular complexity index is 587. The van der Waals surface area contributed by atoms with Crippen LogP contribution in [0.3, 0.4) is 0 Å². The second kappa shape index (κ2) is 7.69. The lowest BCUT2D eigenvalue weighted by Gasteiger charge is -2.31. The van der Waals surface area contributed by atoms with Crippen molar-refractivity contribution in [2.24, 2.45) is 0 Å². The Labute approximate surface area is 144 Å². The molecule has 5 nitrogen and oxygen atoms in total. The highest BCUT2D eigenvalue weighted by molar-refractivity contribution is 5.96. The molecule has 0 atom stereocenters. The molecule has 1 N–H and O–H groups in total. The van der Waals surface area contributed by atoms with Gasteiger partial charge in [-0.3, -0.25) is 10.1 Å². The van der Waals surface area contributed by atoms with Crippen LogP contribution in [-0.4, -0.2) is 35.6 Å². The molecule has 1 aliphatic rings. The van der Waals surface area contributed by atoms with Gasteiger partial charge in [0.05, 0.1) is 0 Å². The van der Waals surface area contributed by atoms with E-state index in [9.17, 15) is 9.59 Å². The van der Waals surface area contributed by atoms with Crippen LogP contribution < -0.4 is 5.32 Å². The van der Waals surface area contributed by atoms with Gasteiger partial charge in [0.15, 0.2) is 0 Å². The minimum absolute atomic E-state index is 0.00487. The summed E-state index contributed by atoms with van der Waals surface area (Å²) in [6, 6.07) is 7.32. The van der Waals surface area contributed by atoms with Crippen LogP contribution in [0.2, 0.25) is 0 Å². The standard InChI is InChI=1S/C19H28N2O3/c1-19(2,3)24-18(23)20-15-10-8-9-14(13-15)17(22)21(4)16-11-6-5-7-12-16/h8-10,13,16H,5-7,11-12H2,1-4H3,(H,20,23). The molecule has 1 aromatic rings. The maximum atomic E-state index is 12.7. The fourth-order valence-corrected chi connectivity index (χ4v) is 2.99. The maximum Gasteiger partial charge on any atom is 0.412 e. The van der Waals surface area contributed by atoms with Crippen molar-refractivity contribution in [1.29, 1.82) is 0 Å². The van der Waals surface area contributed by atoms with Crippen LogP contribution in [0.25, 0.3) is 0 Å². The van der Waals surface area contributed by atoms with E-state index in [1.807, 2.05) is 32.7 Å². The summed E-state index contributed by atoms with van der Waals surface area (Å²) in [4.78, 5) is 26.4. The molecule has 1 aliphatic carbocycles. The summed E-state index contributed by atoms with van der Waals surface area (Å²) in [5.41, 5.74) is 0.586. The second-order valence-corrected chi connectivity index (χ2v) is 7.42. The number of ether oxygens (including phenoxy) is 1. The predicted octanol–water partition coefficient (Wildman–Crippen LogP) is 4.44. The molecular weight excluding hydrogens is 304 g/mol. The van der Waals surface area contributed by atoms with Crippen molar-refractivity contribution in [3.05, 3.63) is 29.8 Å². The van der Waals surface area contributed by atoms with E-state index in [4.69, 9.17) is 4.74 Å². The average Bonchev–Trinajstić information content (AvgIpc) is 2.52. The third-order valence-corrected chi connectivity index (χ3v) is 4.20. The van der Waals surface area contributed by atoms with Crippen LogP contribution in [0, 0.1) is 0 Å². The van der Waals surface area contributed by atoms with Crippen molar-refractivity contribution in [2.75, 3.05) is 12.4 Å². The van der Waals surface area contributed by atoms with Gasteiger partial charge in [0.25, 0.3) is 5.91 Å². The number of nitrogens with one attached hydrogen (secondary N) is 1. The van der Waals surface area contributed by atoms with Crippen molar-refractivity contribution in [2.45, 2.75) is 64.5 Å². The topological polar surface area (TPSA) is 58.6 Å². The van der Waals surface area contributed by atoms with E-state index in [0.717, 1.165) is 12.8 Å². The number of benzene rings is 1. The summed E-state index contributed by atoms with van der Waals surface area (Å²) in [5.74, 6) is -0.00487. The third kappa shape index (κ3) is 5.25. The van der Waals surface area contributed by atoms with Gasteiger partial charge in [-0.05, 0) is 51.8 Å². The van der Waals surface area contributed by atoms with Crippen molar-refractivity contribution in [1.82, 2.24) is 4.90 Å². The van der Waals surface area contributed by atoms with Crippen LogP contribution in [0.1, 0.15) is 63.2 Å². The number of anilines is 1. The molecule has 24 heavy (non-hydrogen) atoms. The molecule has 132 valence electrons. The first-order valence-corrected chi connectivity index (χ1v) is 8.63. The number of hydrogen-bond donors (Lipinski definition) is 1. The fourth-order valence-electron chi connectivity index (χ4n) is 2.99. The number of carbonyl (C=O) groups is 2. The van der Waals surface area contributed by atoms with Crippen molar-refractivity contribution in [3.63, 3.8) is 0 Å². The van der Waals surface area contributed by atoms with Gasteiger partial charge in [0.1, 0.15) is 5.60 Å². The van der Waals surface area contributed by atoms with Gasteiger partial charge in [-0.15, -0.1) is 0 Å². The molecule has 1 aromatic carbocycles. The summed E-state index contributed by atoms with van der Waals surface area (Å²) in [5, 5.41) is 2.68. The van der Waals surface area contributed by atoms with Crippen LogP contribution in [0.5, 0.6) is 0 Å². The number of hydrogen-bond acceptors (Lipinski definition) is 3. The van der Waals surface area contributed by atoms with Gasteiger partial charge in [-0.25, -0.2) is 4.79 Å². The molecule has 0 spiro atoms. The number of amides is 2. The summed E-state index contributed by atoms with van der Waals surface area (Å²) >= 11 is 0. The third-order valence-electron chi connectivity index (χ3n) is 4.20. The van der Waals surface area contributed by atoms with Crippen LogP contribution in [-0.2, 0) is 4.74 Å². The number of nitrogens with zero attached hydrogens (tertiary/aromatic N) is 1. The molecule has 0 saturated heterocycles. The van der Waals surface area contributed by atoms with Crippen LogP contribution >= 0.6 is 0 Å². The van der Waals surface area contributed by atoms with E-state index in [0.29, 0.717) is 17.3 Å². The van der Waals surface area contributed by atoms with Gasteiger partial charge in [0, 0.05) is 24.3 Å². The summed E-state index contributed by atoms with van der Waals surface area (Å²) in [7, 11) is 1.87. The lowest BCUT2D eigenvalue weighted by Crippen LogP contribution is -2.38. The zero-order valence-corrected chi connectivity index (χ0v) is 15.1. The fraction of sp³-hybridized carbons (Fsp3) is 0.579. The average molecular weight is 332 g/mol. The Morgan fingerprint density at radius 3 is 2.46 bits per heavy atom. The zero-order chi connectivity index (χ0) is 17.7. The molecule has 2 rings (SSSR count). The van der Waals surface area contributed by atoms with Crippen molar-refractivity contribution in [3.8, 4) is 0 Å². The Kier molecular flexibility index (Phi) is 5.86. The van der Waals surface area contributed by atoms with E-state index in [-0.39, 0.29) is 5.91 Å². The highest BCUT2D eigenvalue weighted by Gasteiger charge is 2.23. The minimum Gasteiger partial charge on any atom is -0.444 e. The first-order valence-electron chi connectivity index (χ1n) is 8.63. The second-order valence-electron chi connectivity index (χ2n) is 7.42. The molecule has 0 heterocycles. The largest absolute Gasteiger partial charge is 0.444 e. The highest BCUT2D eigenvalue weighted by atomic mass is 16.6. The quantitative estimate of drug-likeness (QED) is 0.890. The number of carbonyl (C=O) groups excluding carboxylic acids is 2. The Balaban J connectivity index is 2.03. The van der Waals surface area contributed by atoms with E-state index in [1.54, 1.807) is 24.3 Å². The first kappa shape index (κ1) is 18.3. The molecule has 0 aliphatic heterocycles. The first-order chi connectivity index (χ1) is 11.3. The molecule has 0 radical (unpaired) electrons. The predicted molar refractivity (Wildman–Crippen MR) is 95.3 cm³/mol. The zero-order valence-electron chi connectivity index (χ0n) is 15.1. The smallest absolute Gasteiger partial charge is 0.412 e. The van der Waals surface area contributed by atoms with E-state index in [2.05, 4.69) is 5.32 Å². The van der Waals surface area contributed by atoms with Gasteiger partial charge >= 0.3 is 6.09 Å². The summed E-state index contributed by atoms with van der Waals surface area (Å²) in [6.07, 6.45) is 5.24. The van der Waals surface area contributed by atoms with E-state index >= 15 is 0 Å². The Morgan fingerprint density at radius 2 is 1.83 bits per heavy atom. The maximum absolute atomic E-state index is 12.7. The Hall–Kier alpha value is -2.04. The van der Waals surface area contributed by atoms with Gasteiger partial charge < -0.3 is 9.64 Å². The highest BCUT2D eigenvalue weighted by Crippen LogP contribution is 2.23. The number of rotatable bonds is 3. The van der Waals surface area contributed by atoms with Crippen LogP contribution in [0.4, 0.5) is 10.5 Å². The van der Waals surface area contributed by atoms with Gasteiger partial charge in [-0.1, -0.05) is 25.3 Å². The SMILES string of the molecule is CN(C(=O)c1cccc(NC(=O)OC(C)(C)C)c1)C1CCCCC1. The van der Waals surface area contributed by atoms with Crippen molar-refractivity contribution >= 4 is 17.7 Å². The summed E-state index contributed by atoms with van der Waals surface area (Å²) < 4.78 is 5.24. The monoisotopic (exact) mass is 332 g/mol. The molecular formula is C19H28N2O3. The molecule has 0 bridgehead atoms. The lowest BCUT2D eigenvalue weighted by atomic mass is 9.94. The van der Waals surface area contributed by atoms with Crippen LogP contribution in [0.15, 0.2) is 24.3 Å². The molecule has 1 saturated carbocycles. The van der Waals surface area contributed by atoms with Gasteiger partial charge in [-0.2, -0.15) is 0 Å². The summed E-state index contributed by atoms with van der Waals surface area (Å²) in [6.45, 7) is 5.43. The van der Waals surface area contributed by atoms with Crippen molar-refractivity contribution < 1.29 is 14.3 Å². The lowest BCUT2D eigenvalue weighted by molar-refractivity contribution is 0.0633. The molecule has 2 amide bonds. The molecule has 5 heteroatoms. The van der Waals surface area contributed by atoms with Gasteiger partial charge in [0.2, 0.25) is 0 Å². The normalized spacial score (nSPS) is 15.7. The minimum atomic E-state index is -0.557. The Morgan fingerprint density at radius 1 is 1.17 bits per heavy atom. The molecule has 0 aromatic heterocycles. The van der Waals surface area contributed by atoms with E-state index < -0.39 is 11.7 Å². The molecule has 1 fully saturated rings. The molecule has 0 unspecified atom stereocenters.